The normalized spacial score (nSPS) is 29.9. The maximum Gasteiger partial charge on any atom is 0.220 e. The van der Waals surface area contributed by atoms with E-state index in [1.54, 1.807) is 0 Å². The maximum absolute atomic E-state index is 12.2. The Morgan fingerprint density at radius 3 is 2.40 bits per heavy atom. The zero-order valence-corrected chi connectivity index (χ0v) is 13.3. The van der Waals surface area contributed by atoms with Crippen molar-refractivity contribution in [2.24, 2.45) is 17.8 Å². The van der Waals surface area contributed by atoms with Crippen molar-refractivity contribution in [2.75, 3.05) is 13.1 Å². The summed E-state index contributed by atoms with van der Waals surface area (Å²) in [6.07, 6.45) is 9.45. The van der Waals surface area contributed by atoms with Crippen molar-refractivity contribution in [1.82, 2.24) is 10.6 Å². The van der Waals surface area contributed by atoms with Crippen LogP contribution in [-0.4, -0.2) is 25.0 Å². The van der Waals surface area contributed by atoms with E-state index in [9.17, 15) is 4.79 Å². The average molecular weight is 280 g/mol. The van der Waals surface area contributed by atoms with E-state index in [0.717, 1.165) is 31.3 Å². The van der Waals surface area contributed by atoms with Crippen LogP contribution in [0, 0.1) is 17.8 Å². The van der Waals surface area contributed by atoms with Gasteiger partial charge in [-0.1, -0.05) is 20.3 Å². The van der Waals surface area contributed by atoms with Gasteiger partial charge in [0.25, 0.3) is 0 Å². The molecule has 0 aromatic heterocycles. The van der Waals surface area contributed by atoms with Crippen molar-refractivity contribution in [2.45, 2.75) is 71.3 Å². The van der Waals surface area contributed by atoms with Crippen LogP contribution in [0.1, 0.15) is 65.2 Å². The fourth-order valence-corrected chi connectivity index (χ4v) is 3.87. The van der Waals surface area contributed by atoms with Crippen LogP contribution in [0.5, 0.6) is 0 Å². The Hall–Kier alpha value is -0.570. The third-order valence-corrected chi connectivity index (χ3v) is 5.49. The van der Waals surface area contributed by atoms with Crippen LogP contribution in [-0.2, 0) is 4.79 Å². The maximum atomic E-state index is 12.2. The first kappa shape index (κ1) is 15.8. The Morgan fingerprint density at radius 2 is 1.80 bits per heavy atom. The van der Waals surface area contributed by atoms with E-state index in [0.29, 0.717) is 12.0 Å². The van der Waals surface area contributed by atoms with Gasteiger partial charge in [0.1, 0.15) is 0 Å². The lowest BCUT2D eigenvalue weighted by atomic mass is 9.83. The van der Waals surface area contributed by atoms with Gasteiger partial charge in [-0.15, -0.1) is 0 Å². The van der Waals surface area contributed by atoms with Crippen molar-refractivity contribution in [3.05, 3.63) is 0 Å². The van der Waals surface area contributed by atoms with Crippen LogP contribution in [0.3, 0.4) is 0 Å². The van der Waals surface area contributed by atoms with Gasteiger partial charge in [-0.25, -0.2) is 0 Å². The number of carbonyl (C=O) groups is 1. The Morgan fingerprint density at radius 1 is 1.15 bits per heavy atom. The zero-order chi connectivity index (χ0) is 14.4. The fraction of sp³-hybridized carbons (Fsp3) is 0.941. The molecule has 0 aromatic carbocycles. The number of piperidine rings is 1. The van der Waals surface area contributed by atoms with Crippen LogP contribution in [0.15, 0.2) is 0 Å². The van der Waals surface area contributed by atoms with Crippen LogP contribution in [0.4, 0.5) is 0 Å². The Bertz CT molecular complexity index is 291. The Balaban J connectivity index is 1.67. The SMILES string of the molecule is CCC1CCC(NC(=O)CC(C)C2CCNCC2)CC1. The van der Waals surface area contributed by atoms with Crippen molar-refractivity contribution >= 4 is 5.91 Å². The Kier molecular flexibility index (Phi) is 6.34. The van der Waals surface area contributed by atoms with Gasteiger partial charge >= 0.3 is 0 Å². The van der Waals surface area contributed by atoms with Crippen LogP contribution in [0.25, 0.3) is 0 Å². The molecule has 0 aromatic rings. The van der Waals surface area contributed by atoms with E-state index in [4.69, 9.17) is 0 Å². The van der Waals surface area contributed by atoms with Gasteiger partial charge in [-0.3, -0.25) is 4.79 Å². The summed E-state index contributed by atoms with van der Waals surface area (Å²) in [5.41, 5.74) is 0. The number of amides is 1. The third kappa shape index (κ3) is 4.76. The second kappa shape index (κ2) is 8.02. The molecule has 1 atom stereocenters. The summed E-state index contributed by atoms with van der Waals surface area (Å²) in [6.45, 7) is 6.78. The summed E-state index contributed by atoms with van der Waals surface area (Å²) in [5, 5.41) is 6.68. The summed E-state index contributed by atoms with van der Waals surface area (Å²) in [7, 11) is 0. The topological polar surface area (TPSA) is 41.1 Å². The molecule has 1 saturated heterocycles. The van der Waals surface area contributed by atoms with E-state index in [-0.39, 0.29) is 5.91 Å². The van der Waals surface area contributed by atoms with E-state index >= 15 is 0 Å². The molecule has 2 fully saturated rings. The highest BCUT2D eigenvalue weighted by Crippen LogP contribution is 2.27. The molecular weight excluding hydrogens is 248 g/mol. The molecule has 1 unspecified atom stereocenters. The van der Waals surface area contributed by atoms with Gasteiger partial charge in [0, 0.05) is 12.5 Å². The number of hydrogen-bond donors (Lipinski definition) is 2. The second-order valence-corrected chi connectivity index (χ2v) is 6.96. The second-order valence-electron chi connectivity index (χ2n) is 6.96. The third-order valence-electron chi connectivity index (χ3n) is 5.49. The standard InChI is InChI=1S/C17H32N2O/c1-3-14-4-6-16(7-5-14)19-17(20)12-13(2)15-8-10-18-11-9-15/h13-16,18H,3-12H2,1-2H3,(H,19,20). The molecule has 2 aliphatic rings. The molecular formula is C17H32N2O. The minimum absolute atomic E-state index is 0.288. The molecule has 0 bridgehead atoms. The first-order chi connectivity index (χ1) is 9.69. The highest BCUT2D eigenvalue weighted by molar-refractivity contribution is 5.76. The van der Waals surface area contributed by atoms with E-state index in [1.165, 1.54) is 44.9 Å². The summed E-state index contributed by atoms with van der Waals surface area (Å²) in [6, 6.07) is 0.450. The average Bonchev–Trinajstić information content (AvgIpc) is 2.49. The number of nitrogens with one attached hydrogen (secondary N) is 2. The van der Waals surface area contributed by atoms with Crippen LogP contribution in [0.2, 0.25) is 0 Å². The minimum Gasteiger partial charge on any atom is -0.353 e. The van der Waals surface area contributed by atoms with Gasteiger partial charge in [0.15, 0.2) is 0 Å². The summed E-state index contributed by atoms with van der Waals surface area (Å²) in [4.78, 5) is 12.2. The molecule has 2 N–H and O–H groups in total. The van der Waals surface area contributed by atoms with Gasteiger partial charge < -0.3 is 10.6 Å². The fourth-order valence-electron chi connectivity index (χ4n) is 3.87. The van der Waals surface area contributed by atoms with Crippen molar-refractivity contribution in [1.29, 1.82) is 0 Å². The first-order valence-electron chi connectivity index (χ1n) is 8.69. The monoisotopic (exact) mass is 280 g/mol. The number of hydrogen-bond acceptors (Lipinski definition) is 2. The number of carbonyl (C=O) groups excluding carboxylic acids is 1. The molecule has 1 amide bonds. The van der Waals surface area contributed by atoms with Crippen molar-refractivity contribution in [3.63, 3.8) is 0 Å². The van der Waals surface area contributed by atoms with Crippen LogP contribution >= 0.6 is 0 Å². The van der Waals surface area contributed by atoms with E-state index < -0.39 is 0 Å². The molecule has 1 aliphatic heterocycles. The molecule has 1 heterocycles. The summed E-state index contributed by atoms with van der Waals surface area (Å²) < 4.78 is 0. The highest BCUT2D eigenvalue weighted by atomic mass is 16.1. The molecule has 0 spiro atoms. The highest BCUT2D eigenvalue weighted by Gasteiger charge is 2.25. The lowest BCUT2D eigenvalue weighted by Crippen LogP contribution is -2.39. The van der Waals surface area contributed by atoms with Crippen molar-refractivity contribution in [3.8, 4) is 0 Å². The van der Waals surface area contributed by atoms with Crippen molar-refractivity contribution < 1.29 is 4.79 Å². The molecule has 1 saturated carbocycles. The predicted molar refractivity (Wildman–Crippen MR) is 83.6 cm³/mol. The first-order valence-corrected chi connectivity index (χ1v) is 8.69. The quantitative estimate of drug-likeness (QED) is 0.812. The molecule has 0 radical (unpaired) electrons. The molecule has 116 valence electrons. The Labute approximate surface area is 124 Å². The van der Waals surface area contributed by atoms with Gasteiger partial charge in [-0.05, 0) is 69.4 Å². The molecule has 20 heavy (non-hydrogen) atoms. The van der Waals surface area contributed by atoms with Gasteiger partial charge in [0.2, 0.25) is 5.91 Å². The molecule has 3 heteroatoms. The molecule has 2 rings (SSSR count). The molecule has 1 aliphatic carbocycles. The zero-order valence-electron chi connectivity index (χ0n) is 13.3. The summed E-state index contributed by atoms with van der Waals surface area (Å²) >= 11 is 0. The van der Waals surface area contributed by atoms with E-state index in [2.05, 4.69) is 24.5 Å². The predicted octanol–water partition coefficient (Wildman–Crippen LogP) is 3.10. The minimum atomic E-state index is 0.288. The molecule has 3 nitrogen and oxygen atoms in total. The summed E-state index contributed by atoms with van der Waals surface area (Å²) in [5.74, 6) is 2.45. The lowest BCUT2D eigenvalue weighted by Gasteiger charge is -2.30. The largest absolute Gasteiger partial charge is 0.353 e. The van der Waals surface area contributed by atoms with Gasteiger partial charge in [0.05, 0.1) is 0 Å². The van der Waals surface area contributed by atoms with Crippen LogP contribution < -0.4 is 10.6 Å². The van der Waals surface area contributed by atoms with E-state index in [1.807, 2.05) is 0 Å². The van der Waals surface area contributed by atoms with Gasteiger partial charge in [-0.2, -0.15) is 0 Å². The lowest BCUT2D eigenvalue weighted by molar-refractivity contribution is -0.123. The smallest absolute Gasteiger partial charge is 0.220 e. The number of rotatable bonds is 5.